The maximum atomic E-state index is 13.2. The van der Waals surface area contributed by atoms with Crippen molar-refractivity contribution < 1.29 is 143 Å². The number of nitrogens with one attached hydrogen (secondary N) is 6. The van der Waals surface area contributed by atoms with Crippen LogP contribution in [0.4, 0.5) is 0 Å². The highest BCUT2D eigenvalue weighted by Crippen LogP contribution is 2.32. The predicted octanol–water partition coefficient (Wildman–Crippen LogP) is -9.96. The number of nitrogens with zero attached hydrogens (tertiary/aromatic N) is 1. The van der Waals surface area contributed by atoms with Crippen molar-refractivity contribution in [3.05, 3.63) is 35.9 Å². The van der Waals surface area contributed by atoms with E-state index >= 15 is 0 Å². The van der Waals surface area contributed by atoms with E-state index < -0.39 is 185 Å². The lowest BCUT2D eigenvalue weighted by atomic mass is 9.97. The summed E-state index contributed by atoms with van der Waals surface area (Å²) >= 11 is 0. The normalized spacial score (nSPS) is 30.6. The summed E-state index contributed by atoms with van der Waals surface area (Å²) in [7, 11) is 0. The number of unbranched alkanes of at least 4 members (excludes halogenated alkanes) is 6. The Hall–Kier alpha value is -5.25. The van der Waals surface area contributed by atoms with Gasteiger partial charge in [-0.15, -0.1) is 0 Å². The van der Waals surface area contributed by atoms with E-state index in [1.54, 1.807) is 0 Å². The van der Waals surface area contributed by atoms with Crippen molar-refractivity contribution in [3.63, 3.8) is 0 Å². The molecule has 1 aromatic rings. The highest BCUT2D eigenvalue weighted by molar-refractivity contribution is 5.97. The number of hydrogen-bond donors (Lipinski definition) is 21. The summed E-state index contributed by atoms with van der Waals surface area (Å²) in [6.45, 7) is -4.08. The number of carbonyl (C=O) groups excluding carboxylic acids is 7. The Balaban J connectivity index is 1.00. The van der Waals surface area contributed by atoms with Crippen molar-refractivity contribution >= 4 is 41.4 Å². The van der Waals surface area contributed by atoms with E-state index in [4.69, 9.17) is 43.6 Å². The maximum absolute atomic E-state index is 13.2. The third-order valence-electron chi connectivity index (χ3n) is 16.5. The van der Waals surface area contributed by atoms with Crippen LogP contribution >= 0.6 is 0 Å². The van der Waals surface area contributed by atoms with Crippen LogP contribution in [0.5, 0.6) is 0 Å². The molecule has 560 valence electrons. The van der Waals surface area contributed by atoms with E-state index in [9.17, 15) is 105 Å². The molecule has 4 aliphatic heterocycles. The number of ether oxygens (including phenoxy) is 8. The third-order valence-corrected chi connectivity index (χ3v) is 16.5. The lowest BCUT2D eigenvalue weighted by molar-refractivity contribution is -0.367. The van der Waals surface area contributed by atoms with Crippen molar-refractivity contribution in [2.24, 2.45) is 5.73 Å². The van der Waals surface area contributed by atoms with Gasteiger partial charge in [0.2, 0.25) is 41.4 Å². The molecule has 0 radical (unpaired) electrons. The zero-order valence-electron chi connectivity index (χ0n) is 54.5. The molecule has 21 atom stereocenters. The predicted molar refractivity (Wildman–Crippen MR) is 333 cm³/mol. The molecule has 5 rings (SSSR count). The number of nitrogens with two attached hydrogens (primary N) is 1. The van der Waals surface area contributed by atoms with Crippen LogP contribution < -0.4 is 37.6 Å². The number of carbonyl (C=O) groups is 7. The molecule has 0 aromatic heterocycles. The van der Waals surface area contributed by atoms with Crippen LogP contribution in [0.3, 0.4) is 0 Å². The molecule has 4 saturated heterocycles. The molecule has 0 bridgehead atoms. The lowest BCUT2D eigenvalue weighted by Gasteiger charge is -2.45. The second kappa shape index (κ2) is 44.2. The van der Waals surface area contributed by atoms with Gasteiger partial charge >= 0.3 is 0 Å². The zero-order chi connectivity index (χ0) is 71.8. The Morgan fingerprint density at radius 2 is 0.745 bits per heavy atom. The molecule has 4 heterocycles. The Bertz CT molecular complexity index is 2420. The standard InChI is InChI=1S/C61H102N8O29/c62-34(25-33-13-5-1-6-14-33)57(90)68-41(76)17-9-4-12-20-65-44(79)28-69(26-42(77)63-18-10-2-7-15-39(74)66-21-23-91-60-55(51(86)47(82)37(31-72)95-60)97-58-53(88)49(84)45(80)35(29-70)93-58)27-43(78)64-19-11-3-8-16-40(75)67-22-24-92-61-56(52(87)48(83)38(32-73)96-61)98-59-54(89)50(85)46(81)36(30-71)94-59/h1,5-6,13-14,34-38,45-56,58-61,70-73,80-89H,2-4,7-12,15-32,62H2,(H,63,77)(H,64,78)(H,65,79)(H,66,74)(H,67,75)(H,68,76,90)/t34-,35+,36+,37+,38+,45+,46+,47+,48+,49-,50-,51-,52-,53-,54-,55-,56-,58+,59+,60-,61-/m0/s1. The van der Waals surface area contributed by atoms with Gasteiger partial charge in [0, 0.05) is 52.0 Å². The summed E-state index contributed by atoms with van der Waals surface area (Å²) < 4.78 is 44.5. The monoisotopic (exact) mass is 1410 g/mol. The highest BCUT2D eigenvalue weighted by Gasteiger charge is 2.53. The summed E-state index contributed by atoms with van der Waals surface area (Å²) in [6, 6.07) is 8.20. The number of amides is 7. The topological polar surface area (TPSA) is 578 Å². The first kappa shape index (κ1) is 83.4. The number of aliphatic hydroxyl groups excluding tert-OH is 14. The van der Waals surface area contributed by atoms with Crippen LogP contribution in [0.1, 0.15) is 82.6 Å². The second-order valence-corrected chi connectivity index (χ2v) is 24.3. The molecule has 37 heteroatoms. The third kappa shape index (κ3) is 27.3. The fourth-order valence-electron chi connectivity index (χ4n) is 10.9. The van der Waals surface area contributed by atoms with Gasteiger partial charge in [-0.3, -0.25) is 43.8 Å². The van der Waals surface area contributed by atoms with E-state index in [-0.39, 0.29) is 103 Å². The minimum absolute atomic E-state index is 0.0509. The van der Waals surface area contributed by atoms with Gasteiger partial charge in [0.05, 0.1) is 65.3 Å². The van der Waals surface area contributed by atoms with Gasteiger partial charge in [-0.25, -0.2) is 0 Å². The second-order valence-electron chi connectivity index (χ2n) is 24.3. The fourth-order valence-corrected chi connectivity index (χ4v) is 10.9. The molecule has 0 spiro atoms. The quantitative estimate of drug-likeness (QED) is 0.0270. The molecule has 7 amide bonds. The van der Waals surface area contributed by atoms with E-state index in [2.05, 4.69) is 31.9 Å². The van der Waals surface area contributed by atoms with Crippen LogP contribution in [0.25, 0.3) is 0 Å². The molecule has 0 saturated carbocycles. The Kier molecular flexibility index (Phi) is 37.6. The zero-order valence-corrected chi connectivity index (χ0v) is 54.5. The number of hydrogen-bond acceptors (Lipinski definition) is 31. The van der Waals surface area contributed by atoms with Gasteiger partial charge < -0.3 is 142 Å². The average Bonchev–Trinajstić information content (AvgIpc) is 0.795. The van der Waals surface area contributed by atoms with Crippen LogP contribution in [0.15, 0.2) is 30.3 Å². The van der Waals surface area contributed by atoms with Gasteiger partial charge in [0.1, 0.15) is 97.7 Å². The first-order chi connectivity index (χ1) is 46.9. The maximum Gasteiger partial charge on any atom is 0.243 e. The highest BCUT2D eigenvalue weighted by atomic mass is 16.8. The first-order valence-electron chi connectivity index (χ1n) is 33.0. The van der Waals surface area contributed by atoms with Crippen LogP contribution in [-0.4, -0.2) is 339 Å². The first-order valence-corrected chi connectivity index (χ1v) is 33.0. The molecule has 4 aliphatic rings. The van der Waals surface area contributed by atoms with Gasteiger partial charge in [-0.1, -0.05) is 49.6 Å². The molecule has 0 aliphatic carbocycles. The minimum atomic E-state index is -1.86. The van der Waals surface area contributed by atoms with Crippen molar-refractivity contribution in [1.29, 1.82) is 0 Å². The van der Waals surface area contributed by atoms with Gasteiger partial charge in [-0.2, -0.15) is 0 Å². The summed E-state index contributed by atoms with van der Waals surface area (Å²) in [5, 5.41) is 159. The fraction of sp³-hybridized carbons (Fsp3) is 0.787. The van der Waals surface area contributed by atoms with E-state index in [0.29, 0.717) is 57.8 Å². The number of aliphatic hydroxyl groups is 14. The summed E-state index contributed by atoms with van der Waals surface area (Å²) in [6.07, 6.45) is -28.1. The molecular formula is C61H102N8O29. The molecule has 98 heavy (non-hydrogen) atoms. The summed E-state index contributed by atoms with van der Waals surface area (Å²) in [5.41, 5.74) is 6.83. The van der Waals surface area contributed by atoms with Crippen LogP contribution in [0.2, 0.25) is 0 Å². The van der Waals surface area contributed by atoms with Crippen molar-refractivity contribution in [2.75, 3.05) is 92.0 Å². The Morgan fingerprint density at radius 3 is 1.11 bits per heavy atom. The van der Waals surface area contributed by atoms with Crippen molar-refractivity contribution in [1.82, 2.24) is 36.8 Å². The molecule has 0 unspecified atom stereocenters. The minimum Gasteiger partial charge on any atom is -0.394 e. The molecular weight excluding hydrogens is 1310 g/mol. The largest absolute Gasteiger partial charge is 0.394 e. The Labute approximate surface area is 565 Å². The summed E-state index contributed by atoms with van der Waals surface area (Å²) in [4.78, 5) is 91.2. The molecule has 4 fully saturated rings. The van der Waals surface area contributed by atoms with Crippen molar-refractivity contribution in [3.8, 4) is 0 Å². The van der Waals surface area contributed by atoms with Gasteiger partial charge in [0.15, 0.2) is 25.2 Å². The van der Waals surface area contributed by atoms with Crippen molar-refractivity contribution in [2.45, 2.75) is 212 Å². The van der Waals surface area contributed by atoms with E-state index in [1.165, 1.54) is 4.90 Å². The Morgan fingerprint density at radius 1 is 0.408 bits per heavy atom. The van der Waals surface area contributed by atoms with E-state index in [1.807, 2.05) is 30.3 Å². The smallest absolute Gasteiger partial charge is 0.243 e. The van der Waals surface area contributed by atoms with E-state index in [0.717, 1.165) is 5.56 Å². The SMILES string of the molecule is N[C@@H](Cc1ccccc1)C(=O)NC(=O)CCCCCNC(=O)CN(CC(=O)NCCCCCC(=O)NCCO[C@H]1O[C@H](CO)[C@@H](O)[C@H](O)[C@@H]1O[C@H]1O[C@H](CO)[C@@H](O)[C@H](O)[C@@H]1O)CC(=O)NCCCCCC(=O)NCCO[C@H]1O[C@H](CO)[C@@H](O)[C@H](O)[C@@H]1O[C@H]1O[C@H](CO)[C@@H](O)[C@H](O)[C@@H]1O. The number of rotatable bonds is 43. The number of imide groups is 1. The van der Waals surface area contributed by atoms with Crippen LogP contribution in [-0.2, 0) is 77.9 Å². The van der Waals surface area contributed by atoms with Gasteiger partial charge in [-0.05, 0) is 50.5 Å². The van der Waals surface area contributed by atoms with Gasteiger partial charge in [0.25, 0.3) is 0 Å². The molecule has 1 aromatic carbocycles. The number of benzene rings is 1. The molecule has 37 nitrogen and oxygen atoms in total. The average molecular weight is 1410 g/mol. The van der Waals surface area contributed by atoms with Crippen LogP contribution in [0, 0.1) is 0 Å². The summed E-state index contributed by atoms with van der Waals surface area (Å²) in [5.74, 6) is -3.29. The lowest BCUT2D eigenvalue weighted by Crippen LogP contribution is -2.64. The molecule has 22 N–H and O–H groups in total.